The van der Waals surface area contributed by atoms with Gasteiger partial charge in [0.25, 0.3) is 5.91 Å². The Labute approximate surface area is 161 Å². The second-order valence-electron chi connectivity index (χ2n) is 5.61. The first kappa shape index (κ1) is 19.6. The van der Waals surface area contributed by atoms with Gasteiger partial charge in [-0.25, -0.2) is 9.37 Å². The number of hydrogen-bond donors (Lipinski definition) is 1. The number of nitrogens with one attached hydrogen (secondary N) is 1. The van der Waals surface area contributed by atoms with Gasteiger partial charge in [-0.15, -0.1) is 0 Å². The van der Waals surface area contributed by atoms with Crippen LogP contribution in [0.5, 0.6) is 5.75 Å². The van der Waals surface area contributed by atoms with Crippen LogP contribution in [0.15, 0.2) is 36.4 Å². The predicted octanol–water partition coefficient (Wildman–Crippen LogP) is 4.27. The summed E-state index contributed by atoms with van der Waals surface area (Å²) >= 11 is 0.918. The van der Waals surface area contributed by atoms with Gasteiger partial charge in [0.05, 0.1) is 17.5 Å². The number of methoxy groups -OCH3 is 1. The number of carbonyl (C=O) groups excluding carboxylic acids is 2. The van der Waals surface area contributed by atoms with Crippen LogP contribution in [-0.2, 0) is 4.79 Å². The number of aromatic nitrogens is 1. The number of alkyl halides is 2. The standard InChI is InChI=1S/C18H14F3N3O3S/c1-9(25)24(17(20)21)12-7-8-13(27-2)14-15(12)28-18(22-14)23-16(26)10-3-5-11(19)6-4-10/h3-8,17H,1-2H3,(H,22,23,26). The molecule has 0 saturated carbocycles. The Hall–Kier alpha value is -3.14. The number of ether oxygens (including phenoxy) is 1. The Bertz CT molecular complexity index is 1040. The van der Waals surface area contributed by atoms with Gasteiger partial charge in [-0.2, -0.15) is 8.78 Å². The van der Waals surface area contributed by atoms with Crippen LogP contribution in [0.2, 0.25) is 0 Å². The normalized spacial score (nSPS) is 10.9. The molecule has 2 aromatic carbocycles. The molecule has 3 aromatic rings. The third kappa shape index (κ3) is 3.77. The largest absolute Gasteiger partial charge is 0.494 e. The average Bonchev–Trinajstić information content (AvgIpc) is 3.05. The van der Waals surface area contributed by atoms with Crippen LogP contribution in [-0.4, -0.2) is 30.5 Å². The lowest BCUT2D eigenvalue weighted by atomic mass is 10.2. The molecule has 0 aliphatic carbocycles. The molecule has 0 atom stereocenters. The number of hydrogen-bond acceptors (Lipinski definition) is 5. The van der Waals surface area contributed by atoms with Gasteiger partial charge in [0.1, 0.15) is 17.1 Å². The van der Waals surface area contributed by atoms with E-state index in [0.717, 1.165) is 30.4 Å². The van der Waals surface area contributed by atoms with Crippen LogP contribution in [0.1, 0.15) is 17.3 Å². The fraction of sp³-hybridized carbons (Fsp3) is 0.167. The highest BCUT2D eigenvalue weighted by Crippen LogP contribution is 2.40. The van der Waals surface area contributed by atoms with Crippen LogP contribution in [0.25, 0.3) is 10.2 Å². The van der Waals surface area contributed by atoms with E-state index in [2.05, 4.69) is 10.3 Å². The molecule has 0 unspecified atom stereocenters. The SMILES string of the molecule is COc1ccc(N(C(C)=O)C(F)F)c2sc(NC(=O)c3ccc(F)cc3)nc12. The van der Waals surface area contributed by atoms with Gasteiger partial charge in [-0.1, -0.05) is 11.3 Å². The van der Waals surface area contributed by atoms with E-state index in [1.165, 1.54) is 31.4 Å². The molecule has 1 heterocycles. The van der Waals surface area contributed by atoms with Crippen molar-refractivity contribution in [1.82, 2.24) is 4.98 Å². The zero-order valence-electron chi connectivity index (χ0n) is 14.7. The Morgan fingerprint density at radius 1 is 1.18 bits per heavy atom. The molecule has 0 aliphatic heterocycles. The number of nitrogens with zero attached hydrogens (tertiary/aromatic N) is 2. The molecular formula is C18H14F3N3O3S. The molecule has 0 spiro atoms. The van der Waals surface area contributed by atoms with Crippen LogP contribution in [0.4, 0.5) is 24.0 Å². The lowest BCUT2D eigenvalue weighted by molar-refractivity contribution is -0.119. The number of anilines is 2. The van der Waals surface area contributed by atoms with Gasteiger partial charge in [-0.3, -0.25) is 19.8 Å². The average molecular weight is 409 g/mol. The molecule has 3 rings (SSSR count). The first-order valence-electron chi connectivity index (χ1n) is 7.94. The number of rotatable bonds is 5. The molecule has 2 amide bonds. The molecule has 0 radical (unpaired) electrons. The number of halogens is 3. The minimum Gasteiger partial charge on any atom is -0.494 e. The first-order chi connectivity index (χ1) is 13.3. The molecule has 10 heteroatoms. The van der Waals surface area contributed by atoms with Crippen molar-refractivity contribution in [3.8, 4) is 5.75 Å². The van der Waals surface area contributed by atoms with Gasteiger partial charge in [0.15, 0.2) is 5.13 Å². The molecule has 0 saturated heterocycles. The van der Waals surface area contributed by atoms with E-state index in [1.54, 1.807) is 0 Å². The molecule has 0 aliphatic rings. The maximum Gasteiger partial charge on any atom is 0.321 e. The fourth-order valence-electron chi connectivity index (χ4n) is 2.56. The van der Waals surface area contributed by atoms with Gasteiger partial charge < -0.3 is 4.74 Å². The van der Waals surface area contributed by atoms with E-state index in [9.17, 15) is 22.8 Å². The van der Waals surface area contributed by atoms with E-state index in [-0.39, 0.29) is 26.6 Å². The van der Waals surface area contributed by atoms with Crippen molar-refractivity contribution in [2.24, 2.45) is 0 Å². The Morgan fingerprint density at radius 2 is 1.86 bits per heavy atom. The smallest absolute Gasteiger partial charge is 0.321 e. The second-order valence-corrected chi connectivity index (χ2v) is 6.61. The molecule has 0 fully saturated rings. The minimum atomic E-state index is -3.05. The van der Waals surface area contributed by atoms with Gasteiger partial charge in [0, 0.05) is 12.5 Å². The zero-order valence-corrected chi connectivity index (χ0v) is 15.5. The van der Waals surface area contributed by atoms with Crippen molar-refractivity contribution in [3.63, 3.8) is 0 Å². The molecule has 6 nitrogen and oxygen atoms in total. The van der Waals surface area contributed by atoms with E-state index in [0.29, 0.717) is 10.6 Å². The number of amides is 2. The highest BCUT2D eigenvalue weighted by atomic mass is 32.1. The fourth-order valence-corrected chi connectivity index (χ4v) is 3.55. The molecule has 1 aromatic heterocycles. The van der Waals surface area contributed by atoms with Crippen molar-refractivity contribution in [1.29, 1.82) is 0 Å². The summed E-state index contributed by atoms with van der Waals surface area (Å²) < 4.78 is 45.2. The molecular weight excluding hydrogens is 395 g/mol. The molecule has 1 N–H and O–H groups in total. The Balaban J connectivity index is 2.03. The van der Waals surface area contributed by atoms with Gasteiger partial charge >= 0.3 is 6.55 Å². The van der Waals surface area contributed by atoms with Gasteiger partial charge in [0.2, 0.25) is 5.91 Å². The third-order valence-corrected chi connectivity index (χ3v) is 4.82. The third-order valence-electron chi connectivity index (χ3n) is 3.83. The summed E-state index contributed by atoms with van der Waals surface area (Å²) in [7, 11) is 1.39. The van der Waals surface area contributed by atoms with Crippen LogP contribution < -0.4 is 15.0 Å². The number of carbonyl (C=O) groups is 2. The first-order valence-corrected chi connectivity index (χ1v) is 8.76. The van der Waals surface area contributed by atoms with Crippen molar-refractivity contribution in [2.75, 3.05) is 17.3 Å². The minimum absolute atomic E-state index is 0.0434. The highest BCUT2D eigenvalue weighted by molar-refractivity contribution is 7.23. The Morgan fingerprint density at radius 3 is 2.43 bits per heavy atom. The Kier molecular flexibility index (Phi) is 5.50. The van der Waals surface area contributed by atoms with E-state index < -0.39 is 24.2 Å². The predicted molar refractivity (Wildman–Crippen MR) is 99.7 cm³/mol. The number of benzene rings is 2. The maximum absolute atomic E-state index is 13.4. The van der Waals surface area contributed by atoms with Crippen molar-refractivity contribution in [3.05, 3.63) is 47.8 Å². The molecule has 0 bridgehead atoms. The summed E-state index contributed by atoms with van der Waals surface area (Å²) in [5.74, 6) is -1.57. The molecule has 146 valence electrons. The zero-order chi connectivity index (χ0) is 20.4. The maximum atomic E-state index is 13.4. The second kappa shape index (κ2) is 7.85. The van der Waals surface area contributed by atoms with Crippen LogP contribution in [0.3, 0.4) is 0 Å². The van der Waals surface area contributed by atoms with Crippen LogP contribution in [0, 0.1) is 5.82 Å². The summed E-state index contributed by atoms with van der Waals surface area (Å²) in [5.41, 5.74) is 0.384. The lowest BCUT2D eigenvalue weighted by Gasteiger charge is -2.20. The summed E-state index contributed by atoms with van der Waals surface area (Å²) in [6, 6.07) is 7.64. The topological polar surface area (TPSA) is 71.5 Å². The van der Waals surface area contributed by atoms with E-state index >= 15 is 0 Å². The van der Waals surface area contributed by atoms with Gasteiger partial charge in [-0.05, 0) is 36.4 Å². The van der Waals surface area contributed by atoms with Crippen molar-refractivity contribution < 1.29 is 27.5 Å². The summed E-state index contributed by atoms with van der Waals surface area (Å²) in [5, 5.41) is 2.66. The summed E-state index contributed by atoms with van der Waals surface area (Å²) in [6.07, 6.45) is 0. The van der Waals surface area contributed by atoms with Crippen molar-refractivity contribution >= 4 is 44.2 Å². The molecule has 28 heavy (non-hydrogen) atoms. The lowest BCUT2D eigenvalue weighted by Crippen LogP contribution is -2.33. The number of fused-ring (bicyclic) bond motifs is 1. The van der Waals surface area contributed by atoms with Crippen LogP contribution >= 0.6 is 11.3 Å². The summed E-state index contributed by atoms with van der Waals surface area (Å²) in [4.78, 5) is 28.6. The summed E-state index contributed by atoms with van der Waals surface area (Å²) in [6.45, 7) is -2.02. The van der Waals surface area contributed by atoms with E-state index in [4.69, 9.17) is 4.74 Å². The highest BCUT2D eigenvalue weighted by Gasteiger charge is 2.26. The monoisotopic (exact) mass is 409 g/mol. The van der Waals surface area contributed by atoms with E-state index in [1.807, 2.05) is 0 Å². The quantitative estimate of drug-likeness (QED) is 0.639. The number of thiazole rings is 1. The van der Waals surface area contributed by atoms with Crippen molar-refractivity contribution in [2.45, 2.75) is 13.5 Å².